The van der Waals surface area contributed by atoms with Gasteiger partial charge in [-0.2, -0.15) is 13.2 Å². The SMILES string of the molecule is Cn1cc(C(c2c[nH]c3ccccc23)(c2c[nH]c3cccc(Cl)c23)C(F)(F)F)c2ccccc21. The van der Waals surface area contributed by atoms with Crippen LogP contribution in [0.4, 0.5) is 13.2 Å². The Kier molecular flexibility index (Phi) is 4.42. The Bertz CT molecular complexity index is 1680. The van der Waals surface area contributed by atoms with Gasteiger partial charge in [-0.05, 0) is 24.3 Å². The molecule has 3 aromatic carbocycles. The molecule has 0 saturated carbocycles. The van der Waals surface area contributed by atoms with E-state index in [0.717, 1.165) is 5.52 Å². The Morgan fingerprint density at radius 3 is 2.18 bits per heavy atom. The lowest BCUT2D eigenvalue weighted by atomic mass is 9.68. The van der Waals surface area contributed by atoms with Crippen LogP contribution < -0.4 is 0 Å². The molecule has 3 heterocycles. The number of hydrogen-bond donors (Lipinski definition) is 2. The number of benzene rings is 3. The van der Waals surface area contributed by atoms with Gasteiger partial charge in [-0.25, -0.2) is 0 Å². The van der Waals surface area contributed by atoms with Crippen molar-refractivity contribution >= 4 is 44.3 Å². The van der Waals surface area contributed by atoms with E-state index in [4.69, 9.17) is 11.6 Å². The third-order valence-electron chi connectivity index (χ3n) is 6.78. The van der Waals surface area contributed by atoms with E-state index < -0.39 is 11.6 Å². The molecule has 1 unspecified atom stereocenters. The fourth-order valence-electron chi connectivity index (χ4n) is 5.35. The summed E-state index contributed by atoms with van der Waals surface area (Å²) in [4.78, 5) is 6.10. The molecule has 3 aromatic heterocycles. The first kappa shape index (κ1) is 20.9. The van der Waals surface area contributed by atoms with E-state index in [-0.39, 0.29) is 21.7 Å². The molecule has 0 saturated heterocycles. The van der Waals surface area contributed by atoms with E-state index in [9.17, 15) is 0 Å². The lowest BCUT2D eigenvalue weighted by Crippen LogP contribution is -2.44. The van der Waals surface area contributed by atoms with Crippen molar-refractivity contribution < 1.29 is 13.2 Å². The monoisotopic (exact) mass is 477 g/mol. The maximum absolute atomic E-state index is 15.8. The summed E-state index contributed by atoms with van der Waals surface area (Å²) in [6, 6.07) is 19.3. The van der Waals surface area contributed by atoms with Crippen LogP contribution >= 0.6 is 11.6 Å². The van der Waals surface area contributed by atoms with Crippen LogP contribution in [0.3, 0.4) is 0 Å². The Labute approximate surface area is 197 Å². The van der Waals surface area contributed by atoms with Gasteiger partial charge in [0.25, 0.3) is 0 Å². The lowest BCUT2D eigenvalue weighted by Gasteiger charge is -2.36. The molecule has 0 fully saturated rings. The molecular formula is C27H19ClF3N3. The Morgan fingerprint density at radius 2 is 1.38 bits per heavy atom. The predicted molar refractivity (Wildman–Crippen MR) is 130 cm³/mol. The summed E-state index contributed by atoms with van der Waals surface area (Å²) >= 11 is 6.55. The first-order valence-corrected chi connectivity index (χ1v) is 11.2. The number of alkyl halides is 3. The zero-order chi connectivity index (χ0) is 23.7. The number of para-hydroxylation sites is 2. The van der Waals surface area contributed by atoms with Crippen molar-refractivity contribution in [1.82, 2.24) is 14.5 Å². The topological polar surface area (TPSA) is 36.5 Å². The van der Waals surface area contributed by atoms with Gasteiger partial charge in [0.1, 0.15) is 5.41 Å². The van der Waals surface area contributed by atoms with Crippen LogP contribution in [0.1, 0.15) is 16.7 Å². The molecule has 7 heteroatoms. The average Bonchev–Trinajstić information content (AvgIpc) is 3.52. The standard InChI is InChI=1S/C27H19ClF3N3/c1-34-15-20(17-8-3-5-12-24(17)34)26(27(29,30)31,18-13-32-22-10-4-2-7-16(18)22)19-14-33-23-11-6-9-21(28)25(19)23/h2-15,32-33H,1H3. The molecular weight excluding hydrogens is 459 g/mol. The minimum absolute atomic E-state index is 0.0710. The van der Waals surface area contributed by atoms with E-state index in [2.05, 4.69) is 9.97 Å². The van der Waals surface area contributed by atoms with E-state index in [1.54, 1.807) is 72.4 Å². The summed E-state index contributed by atoms with van der Waals surface area (Å²) in [6.45, 7) is 0. The molecule has 0 aliphatic heterocycles. The van der Waals surface area contributed by atoms with Crippen LogP contribution in [-0.2, 0) is 12.5 Å². The fraction of sp³-hybridized carbons (Fsp3) is 0.111. The molecule has 0 radical (unpaired) electrons. The maximum Gasteiger partial charge on any atom is 0.406 e. The molecule has 34 heavy (non-hydrogen) atoms. The zero-order valence-corrected chi connectivity index (χ0v) is 18.8. The highest BCUT2D eigenvalue weighted by atomic mass is 35.5. The number of fused-ring (bicyclic) bond motifs is 3. The molecule has 3 nitrogen and oxygen atoms in total. The normalized spacial score (nSPS) is 14.3. The number of rotatable bonds is 3. The van der Waals surface area contributed by atoms with Gasteiger partial charge >= 0.3 is 6.18 Å². The number of nitrogens with zero attached hydrogens (tertiary/aromatic N) is 1. The number of H-pyrrole nitrogens is 2. The van der Waals surface area contributed by atoms with Crippen molar-refractivity contribution in [2.75, 3.05) is 0 Å². The van der Waals surface area contributed by atoms with Crippen LogP contribution in [0.5, 0.6) is 0 Å². The molecule has 1 atom stereocenters. The van der Waals surface area contributed by atoms with Gasteiger partial charge in [0.05, 0.1) is 5.02 Å². The molecule has 6 aromatic rings. The molecule has 0 aliphatic rings. The largest absolute Gasteiger partial charge is 0.406 e. The summed E-state index contributed by atoms with van der Waals surface area (Å²) in [6.07, 6.45) is -0.171. The van der Waals surface area contributed by atoms with Gasteiger partial charge in [0.2, 0.25) is 0 Å². The minimum Gasteiger partial charge on any atom is -0.361 e. The van der Waals surface area contributed by atoms with Crippen LogP contribution in [0, 0.1) is 0 Å². The van der Waals surface area contributed by atoms with Gasteiger partial charge in [-0.1, -0.05) is 54.1 Å². The number of nitrogens with one attached hydrogen (secondary N) is 2. The zero-order valence-electron chi connectivity index (χ0n) is 18.0. The fourth-order valence-corrected chi connectivity index (χ4v) is 5.63. The second-order valence-electron chi connectivity index (χ2n) is 8.53. The number of hydrogen-bond acceptors (Lipinski definition) is 0. The molecule has 0 aliphatic carbocycles. The van der Waals surface area contributed by atoms with Crippen molar-refractivity contribution in [2.45, 2.75) is 11.6 Å². The number of halogens is 4. The van der Waals surface area contributed by atoms with E-state index in [1.165, 1.54) is 12.4 Å². The van der Waals surface area contributed by atoms with Crippen molar-refractivity contribution in [1.29, 1.82) is 0 Å². The third kappa shape index (κ3) is 2.66. The van der Waals surface area contributed by atoms with Gasteiger partial charge in [0.15, 0.2) is 0 Å². The lowest BCUT2D eigenvalue weighted by molar-refractivity contribution is -0.165. The van der Waals surface area contributed by atoms with Gasteiger partial charge in [0, 0.05) is 75.0 Å². The molecule has 0 spiro atoms. The number of aromatic nitrogens is 3. The van der Waals surface area contributed by atoms with Crippen molar-refractivity contribution in [2.24, 2.45) is 7.05 Å². The second kappa shape index (κ2) is 7.18. The van der Waals surface area contributed by atoms with Gasteiger partial charge in [-0.3, -0.25) is 0 Å². The first-order chi connectivity index (χ1) is 16.3. The highest BCUT2D eigenvalue weighted by Crippen LogP contribution is 2.56. The molecule has 0 bridgehead atoms. The first-order valence-electron chi connectivity index (χ1n) is 10.8. The highest BCUT2D eigenvalue weighted by molar-refractivity contribution is 6.35. The third-order valence-corrected chi connectivity index (χ3v) is 7.09. The number of aromatic amines is 2. The summed E-state index contributed by atoms with van der Waals surface area (Å²) in [5.74, 6) is 0. The maximum atomic E-state index is 15.8. The van der Waals surface area contributed by atoms with Gasteiger partial charge in [-0.15, -0.1) is 0 Å². The Hall–Kier alpha value is -3.64. The average molecular weight is 478 g/mol. The van der Waals surface area contributed by atoms with Crippen molar-refractivity contribution in [3.8, 4) is 0 Å². The van der Waals surface area contributed by atoms with E-state index in [0.29, 0.717) is 27.2 Å². The summed E-state index contributed by atoms with van der Waals surface area (Å²) < 4.78 is 49.2. The van der Waals surface area contributed by atoms with Crippen LogP contribution in [0.15, 0.2) is 85.3 Å². The van der Waals surface area contributed by atoms with Crippen LogP contribution in [0.25, 0.3) is 32.7 Å². The van der Waals surface area contributed by atoms with Crippen LogP contribution in [-0.4, -0.2) is 20.7 Å². The van der Waals surface area contributed by atoms with E-state index >= 15 is 13.2 Å². The van der Waals surface area contributed by atoms with E-state index in [1.807, 2.05) is 12.1 Å². The predicted octanol–water partition coefficient (Wildman–Crippen LogP) is 7.69. The summed E-state index contributed by atoms with van der Waals surface area (Å²) in [7, 11) is 1.77. The molecule has 6 rings (SSSR count). The summed E-state index contributed by atoms with van der Waals surface area (Å²) in [5, 5.41) is 1.67. The Morgan fingerprint density at radius 1 is 0.735 bits per heavy atom. The Balaban J connectivity index is 1.88. The second-order valence-corrected chi connectivity index (χ2v) is 8.94. The minimum atomic E-state index is -4.70. The van der Waals surface area contributed by atoms with Crippen molar-refractivity contribution in [3.63, 3.8) is 0 Å². The van der Waals surface area contributed by atoms with Gasteiger partial charge < -0.3 is 14.5 Å². The molecule has 2 N–H and O–H groups in total. The molecule has 0 amide bonds. The van der Waals surface area contributed by atoms with Crippen LogP contribution in [0.2, 0.25) is 5.02 Å². The summed E-state index contributed by atoms with van der Waals surface area (Å²) in [5.41, 5.74) is -0.222. The highest BCUT2D eigenvalue weighted by Gasteiger charge is 2.61. The molecule has 170 valence electrons. The quantitative estimate of drug-likeness (QED) is 0.262. The smallest absolute Gasteiger partial charge is 0.361 e. The van der Waals surface area contributed by atoms with Crippen molar-refractivity contribution in [3.05, 3.63) is 107 Å². The number of aryl methyl sites for hydroxylation is 1.